The number of esters is 1. The van der Waals surface area contributed by atoms with Crippen LogP contribution in [-0.4, -0.2) is 25.3 Å². The molecule has 0 unspecified atom stereocenters. The zero-order valence-electron chi connectivity index (χ0n) is 7.19. The SMILES string of the molecule is C=C/C=C\C=NCC(=O)OCC. The molecule has 12 heavy (non-hydrogen) atoms. The number of allylic oxidation sites excluding steroid dienone is 3. The molecule has 0 aliphatic heterocycles. The monoisotopic (exact) mass is 167 g/mol. The van der Waals surface area contributed by atoms with Crippen molar-refractivity contribution < 1.29 is 9.53 Å². The fourth-order valence-corrected chi connectivity index (χ4v) is 0.523. The van der Waals surface area contributed by atoms with E-state index in [1.807, 2.05) is 0 Å². The Morgan fingerprint density at radius 3 is 2.92 bits per heavy atom. The number of hydrogen-bond acceptors (Lipinski definition) is 3. The van der Waals surface area contributed by atoms with Gasteiger partial charge >= 0.3 is 5.97 Å². The molecule has 0 aromatic heterocycles. The van der Waals surface area contributed by atoms with Crippen LogP contribution >= 0.6 is 0 Å². The highest BCUT2D eigenvalue weighted by atomic mass is 16.5. The molecule has 0 aliphatic rings. The maximum Gasteiger partial charge on any atom is 0.327 e. The van der Waals surface area contributed by atoms with E-state index in [9.17, 15) is 4.79 Å². The first-order valence-corrected chi connectivity index (χ1v) is 3.74. The number of rotatable bonds is 5. The van der Waals surface area contributed by atoms with Crippen molar-refractivity contribution in [3.63, 3.8) is 0 Å². The van der Waals surface area contributed by atoms with E-state index in [-0.39, 0.29) is 12.5 Å². The van der Waals surface area contributed by atoms with E-state index < -0.39 is 0 Å². The van der Waals surface area contributed by atoms with Crippen molar-refractivity contribution in [3.8, 4) is 0 Å². The number of nitrogens with zero attached hydrogens (tertiary/aromatic N) is 1. The van der Waals surface area contributed by atoms with Crippen LogP contribution in [0.1, 0.15) is 6.92 Å². The normalized spacial score (nSPS) is 10.8. The third kappa shape index (κ3) is 6.74. The topological polar surface area (TPSA) is 38.7 Å². The number of hydrogen-bond donors (Lipinski definition) is 0. The minimum atomic E-state index is -0.305. The van der Waals surface area contributed by atoms with Crippen LogP contribution in [0.4, 0.5) is 0 Å². The summed E-state index contributed by atoms with van der Waals surface area (Å²) >= 11 is 0. The van der Waals surface area contributed by atoms with Crippen molar-refractivity contribution in [2.24, 2.45) is 4.99 Å². The van der Waals surface area contributed by atoms with Crippen molar-refractivity contribution in [1.82, 2.24) is 0 Å². The molecule has 0 amide bonds. The molecule has 0 fully saturated rings. The largest absolute Gasteiger partial charge is 0.465 e. The number of ether oxygens (including phenoxy) is 1. The van der Waals surface area contributed by atoms with Crippen molar-refractivity contribution in [2.75, 3.05) is 13.2 Å². The molecule has 0 rings (SSSR count). The van der Waals surface area contributed by atoms with Crippen LogP contribution < -0.4 is 0 Å². The lowest BCUT2D eigenvalue weighted by Crippen LogP contribution is -2.07. The molecule has 3 nitrogen and oxygen atoms in total. The van der Waals surface area contributed by atoms with Crippen LogP contribution in [0.2, 0.25) is 0 Å². The Kier molecular flexibility index (Phi) is 6.84. The standard InChI is InChI=1S/C9H13NO2/c1-3-5-6-7-10-8-9(11)12-4-2/h3,5-7H,1,4,8H2,2H3/b6-5-,10-7?. The Bertz CT molecular complexity index is 195. The summed E-state index contributed by atoms with van der Waals surface area (Å²) in [6.07, 6.45) is 6.61. The van der Waals surface area contributed by atoms with Crippen LogP contribution in [0.5, 0.6) is 0 Å². The zero-order chi connectivity index (χ0) is 9.23. The van der Waals surface area contributed by atoms with Gasteiger partial charge in [-0.15, -0.1) is 0 Å². The van der Waals surface area contributed by atoms with Gasteiger partial charge in [0.05, 0.1) is 6.61 Å². The van der Waals surface area contributed by atoms with Gasteiger partial charge in [0.25, 0.3) is 0 Å². The molecule has 0 atom stereocenters. The van der Waals surface area contributed by atoms with E-state index in [2.05, 4.69) is 16.3 Å². The average Bonchev–Trinajstić information content (AvgIpc) is 2.05. The van der Waals surface area contributed by atoms with E-state index in [4.69, 9.17) is 0 Å². The second kappa shape index (κ2) is 7.72. The predicted octanol–water partition coefficient (Wildman–Crippen LogP) is 1.36. The van der Waals surface area contributed by atoms with Gasteiger partial charge in [-0.1, -0.05) is 18.7 Å². The molecular weight excluding hydrogens is 154 g/mol. The fraction of sp³-hybridized carbons (Fsp3) is 0.333. The summed E-state index contributed by atoms with van der Waals surface area (Å²) < 4.78 is 4.65. The lowest BCUT2D eigenvalue weighted by molar-refractivity contribution is -0.141. The molecule has 0 aliphatic carbocycles. The number of aliphatic imine (C=N–C) groups is 1. The summed E-state index contributed by atoms with van der Waals surface area (Å²) in [5.41, 5.74) is 0. The molecule has 0 heterocycles. The molecular formula is C9H13NO2. The highest BCUT2D eigenvalue weighted by Crippen LogP contribution is 1.79. The summed E-state index contributed by atoms with van der Waals surface area (Å²) in [7, 11) is 0. The van der Waals surface area contributed by atoms with E-state index >= 15 is 0 Å². The average molecular weight is 167 g/mol. The molecule has 0 saturated carbocycles. The smallest absolute Gasteiger partial charge is 0.327 e. The zero-order valence-corrected chi connectivity index (χ0v) is 7.19. The van der Waals surface area contributed by atoms with Crippen molar-refractivity contribution in [1.29, 1.82) is 0 Å². The van der Waals surface area contributed by atoms with Gasteiger partial charge in [0, 0.05) is 6.21 Å². The summed E-state index contributed by atoms with van der Waals surface area (Å²) in [4.78, 5) is 14.5. The molecule has 0 radical (unpaired) electrons. The van der Waals surface area contributed by atoms with Gasteiger partial charge in [-0.2, -0.15) is 0 Å². The molecule has 0 N–H and O–H groups in total. The third-order valence-electron chi connectivity index (χ3n) is 0.964. The molecule has 0 saturated heterocycles. The highest BCUT2D eigenvalue weighted by molar-refractivity contribution is 5.77. The Labute approximate surface area is 72.4 Å². The van der Waals surface area contributed by atoms with Gasteiger partial charge < -0.3 is 4.74 Å². The predicted molar refractivity (Wildman–Crippen MR) is 49.3 cm³/mol. The van der Waals surface area contributed by atoms with Gasteiger partial charge in [0.2, 0.25) is 0 Å². The first-order chi connectivity index (χ1) is 5.81. The van der Waals surface area contributed by atoms with Crippen molar-refractivity contribution >= 4 is 12.2 Å². The van der Waals surface area contributed by atoms with Crippen LogP contribution in [0, 0.1) is 0 Å². The quantitative estimate of drug-likeness (QED) is 0.352. The Morgan fingerprint density at radius 1 is 1.58 bits per heavy atom. The van der Waals surface area contributed by atoms with E-state index in [0.717, 1.165) is 0 Å². The Morgan fingerprint density at radius 2 is 2.33 bits per heavy atom. The van der Waals surface area contributed by atoms with Gasteiger partial charge in [-0.3, -0.25) is 9.79 Å². The molecule has 0 bridgehead atoms. The molecule has 0 aromatic rings. The maximum atomic E-state index is 10.7. The van der Waals surface area contributed by atoms with Crippen LogP contribution in [0.15, 0.2) is 29.8 Å². The second-order valence-corrected chi connectivity index (χ2v) is 1.92. The molecule has 0 spiro atoms. The molecule has 66 valence electrons. The van der Waals surface area contributed by atoms with Crippen LogP contribution in [-0.2, 0) is 9.53 Å². The summed E-state index contributed by atoms with van der Waals surface area (Å²) in [6, 6.07) is 0. The first kappa shape index (κ1) is 10.6. The molecule has 0 aromatic carbocycles. The van der Waals surface area contributed by atoms with E-state index in [1.165, 1.54) is 0 Å². The lowest BCUT2D eigenvalue weighted by atomic mass is 10.5. The van der Waals surface area contributed by atoms with E-state index in [0.29, 0.717) is 6.61 Å². The number of carbonyl (C=O) groups excluding carboxylic acids is 1. The van der Waals surface area contributed by atoms with Crippen LogP contribution in [0.25, 0.3) is 0 Å². The van der Waals surface area contributed by atoms with Gasteiger partial charge in [0.15, 0.2) is 0 Å². The summed E-state index contributed by atoms with van der Waals surface area (Å²) in [6.45, 7) is 5.72. The Balaban J connectivity index is 3.52. The van der Waals surface area contributed by atoms with Gasteiger partial charge in [-0.05, 0) is 13.0 Å². The fourth-order valence-electron chi connectivity index (χ4n) is 0.523. The highest BCUT2D eigenvalue weighted by Gasteiger charge is 1.95. The van der Waals surface area contributed by atoms with Crippen LogP contribution in [0.3, 0.4) is 0 Å². The maximum absolute atomic E-state index is 10.7. The number of carbonyl (C=O) groups is 1. The Hall–Kier alpha value is -1.38. The molecule has 3 heteroatoms. The van der Waals surface area contributed by atoms with Crippen molar-refractivity contribution in [2.45, 2.75) is 6.92 Å². The first-order valence-electron chi connectivity index (χ1n) is 3.74. The minimum Gasteiger partial charge on any atom is -0.465 e. The summed E-state index contributed by atoms with van der Waals surface area (Å²) in [5, 5.41) is 0. The van der Waals surface area contributed by atoms with Crippen molar-refractivity contribution in [3.05, 3.63) is 24.8 Å². The van der Waals surface area contributed by atoms with Gasteiger partial charge in [-0.25, -0.2) is 0 Å². The lowest BCUT2D eigenvalue weighted by Gasteiger charge is -1.95. The van der Waals surface area contributed by atoms with Gasteiger partial charge in [0.1, 0.15) is 6.54 Å². The summed E-state index contributed by atoms with van der Waals surface area (Å²) in [5.74, 6) is -0.305. The van der Waals surface area contributed by atoms with E-state index in [1.54, 1.807) is 31.4 Å². The second-order valence-electron chi connectivity index (χ2n) is 1.92. The third-order valence-corrected chi connectivity index (χ3v) is 0.964. The minimum absolute atomic E-state index is 0.0787.